The summed E-state index contributed by atoms with van der Waals surface area (Å²) in [5, 5.41) is 38.3. The fourth-order valence-corrected chi connectivity index (χ4v) is 4.66. The second kappa shape index (κ2) is 11.3. The van der Waals surface area contributed by atoms with Gasteiger partial charge >= 0.3 is 0 Å². The highest BCUT2D eigenvalue weighted by molar-refractivity contribution is 6.35. The summed E-state index contributed by atoms with van der Waals surface area (Å²) in [5.41, 5.74) is 4.40. The summed E-state index contributed by atoms with van der Waals surface area (Å²) in [6.07, 6.45) is 3.51. The molecule has 0 aliphatic rings. The molecule has 0 saturated heterocycles. The van der Waals surface area contributed by atoms with E-state index >= 15 is 0 Å². The number of pyridine rings is 1. The van der Waals surface area contributed by atoms with E-state index in [9.17, 15) is 14.8 Å². The molecule has 2 atom stereocenters. The Morgan fingerprint density at radius 2 is 1.82 bits per heavy atom. The second-order valence-corrected chi connectivity index (χ2v) is 9.06. The van der Waals surface area contributed by atoms with Crippen LogP contribution in [0.4, 0.5) is 15.8 Å². The highest BCUT2D eigenvalue weighted by Crippen LogP contribution is 2.37. The van der Waals surface area contributed by atoms with Gasteiger partial charge in [-0.05, 0) is 41.8 Å². The molecule has 5 rings (SSSR count). The summed E-state index contributed by atoms with van der Waals surface area (Å²) < 4.78 is 13.6. The lowest BCUT2D eigenvalue weighted by molar-refractivity contribution is 0.280. The van der Waals surface area contributed by atoms with Crippen molar-refractivity contribution in [1.82, 2.24) is 20.4 Å². The predicted molar refractivity (Wildman–Crippen MR) is 144 cm³/mol. The molecular weight excluding hydrogens is 505 g/mol. The van der Waals surface area contributed by atoms with E-state index in [4.69, 9.17) is 11.6 Å². The lowest BCUT2D eigenvalue weighted by Crippen LogP contribution is -2.15. The second-order valence-electron chi connectivity index (χ2n) is 8.66. The third kappa shape index (κ3) is 5.27. The van der Waals surface area contributed by atoms with E-state index in [0.29, 0.717) is 45.0 Å². The van der Waals surface area contributed by atoms with Crippen molar-refractivity contribution in [2.45, 2.75) is 18.5 Å². The number of nitrogens with zero attached hydrogens (tertiary/aromatic N) is 4. The van der Waals surface area contributed by atoms with Crippen LogP contribution in [0.2, 0.25) is 5.02 Å². The van der Waals surface area contributed by atoms with Crippen LogP contribution in [0.3, 0.4) is 0 Å². The van der Waals surface area contributed by atoms with Gasteiger partial charge in [0.05, 0.1) is 40.1 Å². The van der Waals surface area contributed by atoms with Crippen LogP contribution < -0.4 is 10.6 Å². The van der Waals surface area contributed by atoms with E-state index in [2.05, 4.69) is 37.1 Å². The molecule has 0 fully saturated rings. The first-order valence-corrected chi connectivity index (χ1v) is 12.3. The first-order valence-electron chi connectivity index (χ1n) is 11.9. The number of halogens is 2. The van der Waals surface area contributed by atoms with Crippen molar-refractivity contribution in [3.8, 4) is 6.07 Å². The van der Waals surface area contributed by atoms with Gasteiger partial charge in [-0.15, -0.1) is 0 Å². The van der Waals surface area contributed by atoms with Gasteiger partial charge in [0.1, 0.15) is 17.6 Å². The molecule has 2 aromatic heterocycles. The summed E-state index contributed by atoms with van der Waals surface area (Å²) in [5.74, 6) is -0.344. The molecule has 0 saturated carbocycles. The number of aromatic nitrogens is 4. The van der Waals surface area contributed by atoms with Gasteiger partial charge in [-0.1, -0.05) is 54.1 Å². The van der Waals surface area contributed by atoms with Crippen LogP contribution in [0.5, 0.6) is 0 Å². The first-order chi connectivity index (χ1) is 18.6. The fraction of sp³-hybridized carbons (Fsp3) is 0.143. The number of fused-ring (bicyclic) bond motifs is 1. The molecule has 0 aliphatic heterocycles. The van der Waals surface area contributed by atoms with Crippen LogP contribution in [0.1, 0.15) is 40.9 Å². The van der Waals surface area contributed by atoms with E-state index in [1.165, 1.54) is 18.3 Å². The summed E-state index contributed by atoms with van der Waals surface area (Å²) in [6.45, 7) is -0.0396. The van der Waals surface area contributed by atoms with Crippen molar-refractivity contribution in [3.05, 3.63) is 112 Å². The molecule has 5 aromatic rings. The normalized spacial score (nSPS) is 12.6. The third-order valence-corrected chi connectivity index (χ3v) is 6.52. The van der Waals surface area contributed by atoms with Gasteiger partial charge in [0.25, 0.3) is 0 Å². The van der Waals surface area contributed by atoms with E-state index < -0.39 is 6.04 Å². The van der Waals surface area contributed by atoms with Gasteiger partial charge in [0, 0.05) is 23.9 Å². The van der Waals surface area contributed by atoms with E-state index in [1.807, 2.05) is 36.4 Å². The lowest BCUT2D eigenvalue weighted by atomic mass is 10.0. The molecule has 3 aromatic carbocycles. The standard InChI is InChI=1S/C28H23ClFN7O/c29-23-13-21(34-27(25-16-33-37-36-25)18-6-8-20(30)9-7-18)12-22-26(19(14-31)15-32-28(22)23)35-24(10-11-38)17-4-2-1-3-5-17/h1-9,12-13,15-16,24,27,34,38H,10-11H2,(H,32,35)(H,33,36,37). The van der Waals surface area contributed by atoms with E-state index in [1.54, 1.807) is 24.4 Å². The maximum Gasteiger partial charge on any atom is 0.123 e. The Hall–Kier alpha value is -4.52. The molecule has 38 heavy (non-hydrogen) atoms. The Balaban J connectivity index is 1.59. The average Bonchev–Trinajstić information content (AvgIpc) is 3.47. The molecule has 190 valence electrons. The largest absolute Gasteiger partial charge is 0.396 e. The predicted octanol–water partition coefficient (Wildman–Crippen LogP) is 5.75. The van der Waals surface area contributed by atoms with Gasteiger partial charge < -0.3 is 15.7 Å². The monoisotopic (exact) mass is 527 g/mol. The number of H-pyrrole nitrogens is 1. The number of rotatable bonds is 9. The SMILES string of the molecule is N#Cc1cnc2c(Cl)cc(NC(c3ccc(F)cc3)c3cn[nH]n3)cc2c1NC(CCO)c1ccccc1. The molecular formula is C28H23ClFN7O. The van der Waals surface area contributed by atoms with Crippen LogP contribution in [0.25, 0.3) is 10.9 Å². The van der Waals surface area contributed by atoms with Crippen molar-refractivity contribution < 1.29 is 9.50 Å². The number of hydrogen-bond acceptors (Lipinski definition) is 7. The Morgan fingerprint density at radius 1 is 1.03 bits per heavy atom. The van der Waals surface area contributed by atoms with Crippen LogP contribution in [-0.4, -0.2) is 32.1 Å². The zero-order chi connectivity index (χ0) is 26.5. The van der Waals surface area contributed by atoms with Crippen LogP contribution >= 0.6 is 11.6 Å². The Kier molecular flexibility index (Phi) is 7.45. The molecule has 0 radical (unpaired) electrons. The number of nitrogens with one attached hydrogen (secondary N) is 3. The third-order valence-electron chi connectivity index (χ3n) is 6.23. The van der Waals surface area contributed by atoms with Crippen molar-refractivity contribution in [2.75, 3.05) is 17.2 Å². The number of aliphatic hydroxyl groups is 1. The molecule has 10 heteroatoms. The van der Waals surface area contributed by atoms with Gasteiger partial charge in [0.2, 0.25) is 0 Å². The minimum Gasteiger partial charge on any atom is -0.396 e. The summed E-state index contributed by atoms with van der Waals surface area (Å²) in [7, 11) is 0. The minimum absolute atomic E-state index is 0.0396. The van der Waals surface area contributed by atoms with E-state index in [0.717, 1.165) is 11.1 Å². The molecule has 0 aliphatic carbocycles. The highest BCUT2D eigenvalue weighted by Gasteiger charge is 2.21. The van der Waals surface area contributed by atoms with Crippen molar-refractivity contribution >= 4 is 33.9 Å². The van der Waals surface area contributed by atoms with Crippen molar-refractivity contribution in [2.24, 2.45) is 0 Å². The molecule has 4 N–H and O–H groups in total. The molecule has 2 heterocycles. The van der Waals surface area contributed by atoms with Crippen molar-refractivity contribution in [3.63, 3.8) is 0 Å². The zero-order valence-electron chi connectivity index (χ0n) is 20.1. The maximum atomic E-state index is 13.6. The molecule has 8 nitrogen and oxygen atoms in total. The van der Waals surface area contributed by atoms with Crippen LogP contribution in [-0.2, 0) is 0 Å². The van der Waals surface area contributed by atoms with Gasteiger partial charge in [0.15, 0.2) is 0 Å². The topological polar surface area (TPSA) is 123 Å². The first kappa shape index (κ1) is 25.1. The van der Waals surface area contributed by atoms with Gasteiger partial charge in [-0.25, -0.2) is 4.39 Å². The minimum atomic E-state index is -0.460. The highest BCUT2D eigenvalue weighted by atomic mass is 35.5. The molecule has 0 spiro atoms. The zero-order valence-corrected chi connectivity index (χ0v) is 20.8. The number of aromatic amines is 1. The van der Waals surface area contributed by atoms with Crippen LogP contribution in [0.15, 0.2) is 79.1 Å². The van der Waals surface area contributed by atoms with Crippen LogP contribution in [0, 0.1) is 17.1 Å². The molecule has 2 unspecified atom stereocenters. The lowest BCUT2D eigenvalue weighted by Gasteiger charge is -2.23. The Morgan fingerprint density at radius 3 is 2.50 bits per heavy atom. The quantitative estimate of drug-likeness (QED) is 0.192. The van der Waals surface area contributed by atoms with E-state index in [-0.39, 0.29) is 18.5 Å². The number of hydrogen-bond donors (Lipinski definition) is 4. The number of anilines is 2. The number of aliphatic hydroxyl groups excluding tert-OH is 1. The smallest absolute Gasteiger partial charge is 0.123 e. The van der Waals surface area contributed by atoms with Crippen molar-refractivity contribution in [1.29, 1.82) is 5.26 Å². The Bertz CT molecular complexity index is 1570. The average molecular weight is 528 g/mol. The Labute approximate surface area is 223 Å². The van der Waals surface area contributed by atoms with Gasteiger partial charge in [-0.3, -0.25) is 4.98 Å². The number of benzene rings is 3. The molecule has 0 amide bonds. The fourth-order valence-electron chi connectivity index (χ4n) is 4.39. The summed E-state index contributed by atoms with van der Waals surface area (Å²) in [4.78, 5) is 4.44. The van der Waals surface area contributed by atoms with Gasteiger partial charge in [-0.2, -0.15) is 20.7 Å². The summed E-state index contributed by atoms with van der Waals surface area (Å²) in [6, 6.07) is 20.9. The molecule has 0 bridgehead atoms. The summed E-state index contributed by atoms with van der Waals surface area (Å²) >= 11 is 6.68. The maximum absolute atomic E-state index is 13.6. The number of nitriles is 1.